The van der Waals surface area contributed by atoms with Gasteiger partial charge in [0.2, 0.25) is 0 Å². The first kappa shape index (κ1) is 16.6. The van der Waals surface area contributed by atoms with E-state index in [4.69, 9.17) is 4.74 Å². The molecule has 0 aliphatic rings. The van der Waals surface area contributed by atoms with E-state index in [2.05, 4.69) is 66.0 Å². The lowest BCUT2D eigenvalue weighted by molar-refractivity contribution is 0.218. The Kier molecular flexibility index (Phi) is 4.89. The predicted octanol–water partition coefficient (Wildman–Crippen LogP) is 5.38. The average Bonchev–Trinajstić information content (AvgIpc) is 2.36. The van der Waals surface area contributed by atoms with Gasteiger partial charge < -0.3 is 4.74 Å². The molecule has 20 heavy (non-hydrogen) atoms. The molecule has 0 unspecified atom stereocenters. The van der Waals surface area contributed by atoms with E-state index in [1.807, 2.05) is 6.08 Å². The monoisotopic (exact) mass is 272 g/mol. The lowest BCUT2D eigenvalue weighted by Gasteiger charge is -2.40. The maximum Gasteiger partial charge on any atom is 0.130 e. The summed E-state index contributed by atoms with van der Waals surface area (Å²) >= 11 is 0. The van der Waals surface area contributed by atoms with Crippen LogP contribution >= 0.6 is 0 Å². The van der Waals surface area contributed by atoms with E-state index in [-0.39, 0.29) is 10.8 Å². The van der Waals surface area contributed by atoms with Gasteiger partial charge in [0.1, 0.15) is 5.75 Å². The highest BCUT2D eigenvalue weighted by Crippen LogP contribution is 2.46. The highest BCUT2D eigenvalue weighted by atomic mass is 16.5. The Hall–Kier alpha value is -1.46. The summed E-state index contributed by atoms with van der Waals surface area (Å²) in [4.78, 5) is 0. The zero-order valence-electron chi connectivity index (χ0n) is 14.1. The number of benzene rings is 1. The lowest BCUT2D eigenvalue weighted by Crippen LogP contribution is -2.34. The fraction of sp³-hybridized carbons (Fsp3) is 0.526. The summed E-state index contributed by atoms with van der Waals surface area (Å²) in [6, 6.07) is 4.45. The minimum absolute atomic E-state index is 0.00723. The van der Waals surface area contributed by atoms with Crippen molar-refractivity contribution in [3.05, 3.63) is 41.1 Å². The van der Waals surface area contributed by atoms with Crippen LogP contribution in [0.4, 0.5) is 0 Å². The molecule has 0 fully saturated rings. The molecule has 0 N–H and O–H groups in total. The minimum Gasteiger partial charge on any atom is -0.496 e. The Bertz CT molecular complexity index is 523. The molecule has 0 radical (unpaired) electrons. The molecule has 110 valence electrons. The number of hydrogen-bond acceptors (Lipinski definition) is 1. The van der Waals surface area contributed by atoms with E-state index in [1.165, 1.54) is 11.1 Å². The molecule has 1 heteroatoms. The van der Waals surface area contributed by atoms with Gasteiger partial charge in [-0.25, -0.2) is 0 Å². The quantitative estimate of drug-likeness (QED) is 0.669. The molecule has 1 rings (SSSR count). The predicted molar refractivity (Wildman–Crippen MR) is 88.5 cm³/mol. The van der Waals surface area contributed by atoms with Crippen molar-refractivity contribution in [1.82, 2.24) is 0 Å². The van der Waals surface area contributed by atoms with E-state index < -0.39 is 0 Å². The fourth-order valence-corrected chi connectivity index (χ4v) is 2.23. The van der Waals surface area contributed by atoms with Crippen LogP contribution in [0, 0.1) is 5.41 Å². The van der Waals surface area contributed by atoms with Gasteiger partial charge in [-0.1, -0.05) is 54.2 Å². The number of ether oxygens (including phenoxy) is 1. The summed E-state index contributed by atoms with van der Waals surface area (Å²) in [5.74, 6) is 0.943. The van der Waals surface area contributed by atoms with Crippen LogP contribution in [0.1, 0.15) is 58.2 Å². The summed E-state index contributed by atoms with van der Waals surface area (Å²) in [6.07, 6.45) is 2.91. The van der Waals surface area contributed by atoms with Crippen molar-refractivity contribution >= 4 is 6.08 Å². The first-order valence-corrected chi connectivity index (χ1v) is 7.26. The summed E-state index contributed by atoms with van der Waals surface area (Å²) in [6.45, 7) is 17.3. The van der Waals surface area contributed by atoms with Gasteiger partial charge in [-0.3, -0.25) is 0 Å². The third-order valence-electron chi connectivity index (χ3n) is 4.60. The summed E-state index contributed by atoms with van der Waals surface area (Å²) in [5, 5.41) is 0. The molecule has 0 aliphatic carbocycles. The molecule has 0 aliphatic heterocycles. The zero-order valence-corrected chi connectivity index (χ0v) is 14.1. The molecule has 0 amide bonds. The molecule has 0 heterocycles. The first-order valence-electron chi connectivity index (χ1n) is 7.26. The maximum atomic E-state index is 5.71. The van der Waals surface area contributed by atoms with Crippen molar-refractivity contribution < 1.29 is 4.74 Å². The summed E-state index contributed by atoms with van der Waals surface area (Å²) < 4.78 is 5.71. The Labute approximate surface area is 124 Å². The van der Waals surface area contributed by atoms with Gasteiger partial charge >= 0.3 is 0 Å². The topological polar surface area (TPSA) is 9.23 Å². The summed E-state index contributed by atoms with van der Waals surface area (Å²) in [5.41, 5.74) is 6.66. The molecule has 0 bridgehead atoms. The molecule has 1 nitrogen and oxygen atoms in total. The van der Waals surface area contributed by atoms with E-state index in [0.717, 1.165) is 17.7 Å². The van der Waals surface area contributed by atoms with Gasteiger partial charge in [0, 0.05) is 11.1 Å². The Morgan fingerprint density at radius 3 is 2.20 bits per heavy atom. The van der Waals surface area contributed by atoms with Gasteiger partial charge in [0.25, 0.3) is 0 Å². The Morgan fingerprint density at radius 2 is 1.80 bits per heavy atom. The van der Waals surface area contributed by atoms with E-state index in [9.17, 15) is 0 Å². The maximum absolute atomic E-state index is 5.71. The first-order chi connectivity index (χ1) is 9.18. The van der Waals surface area contributed by atoms with Crippen LogP contribution < -0.4 is 4.74 Å². The van der Waals surface area contributed by atoms with Gasteiger partial charge in [-0.05, 0) is 35.0 Å². The van der Waals surface area contributed by atoms with Crippen LogP contribution in [0.5, 0.6) is 5.75 Å². The molecule has 0 atom stereocenters. The Morgan fingerprint density at radius 1 is 1.20 bits per heavy atom. The number of hydrogen-bond donors (Lipinski definition) is 0. The van der Waals surface area contributed by atoms with Crippen LogP contribution in [0.15, 0.2) is 24.4 Å². The van der Waals surface area contributed by atoms with E-state index in [0.29, 0.717) is 0 Å². The van der Waals surface area contributed by atoms with Crippen molar-refractivity contribution in [2.45, 2.75) is 53.4 Å². The highest BCUT2D eigenvalue weighted by Gasteiger charge is 2.37. The van der Waals surface area contributed by atoms with Crippen molar-refractivity contribution in [2.24, 2.45) is 5.41 Å². The average molecular weight is 272 g/mol. The summed E-state index contributed by atoms with van der Waals surface area (Å²) in [7, 11) is 1.74. The largest absolute Gasteiger partial charge is 0.496 e. The van der Waals surface area contributed by atoms with Crippen LogP contribution in [0.3, 0.4) is 0 Å². The molecule has 0 aromatic heterocycles. The molecule has 1 aromatic rings. The third-order valence-corrected chi connectivity index (χ3v) is 4.60. The van der Waals surface area contributed by atoms with Crippen LogP contribution in [-0.2, 0) is 11.8 Å². The molecule has 0 saturated carbocycles. The zero-order chi connectivity index (χ0) is 15.6. The highest BCUT2D eigenvalue weighted by molar-refractivity contribution is 5.62. The van der Waals surface area contributed by atoms with Gasteiger partial charge in [0.15, 0.2) is 0 Å². The third kappa shape index (κ3) is 2.99. The lowest BCUT2D eigenvalue weighted by atomic mass is 9.64. The normalized spacial score (nSPS) is 11.9. The van der Waals surface area contributed by atoms with Gasteiger partial charge in [-0.2, -0.15) is 0 Å². The molecular formula is C19H28O. The minimum atomic E-state index is 0.00723. The van der Waals surface area contributed by atoms with E-state index >= 15 is 0 Å². The van der Waals surface area contributed by atoms with Crippen molar-refractivity contribution in [2.75, 3.05) is 7.11 Å². The van der Waals surface area contributed by atoms with Crippen LogP contribution in [0.2, 0.25) is 0 Å². The van der Waals surface area contributed by atoms with Crippen molar-refractivity contribution in [1.29, 1.82) is 0 Å². The van der Waals surface area contributed by atoms with Crippen molar-refractivity contribution in [3.8, 4) is 5.75 Å². The molecular weight excluding hydrogens is 244 g/mol. The SMILES string of the molecule is C=C=Cc1cc(CC)cc(C(C)(C)C(C)(C)C)c1OC. The van der Waals surface area contributed by atoms with Crippen LogP contribution in [-0.4, -0.2) is 7.11 Å². The number of aryl methyl sites for hydroxylation is 1. The van der Waals surface area contributed by atoms with E-state index in [1.54, 1.807) is 7.11 Å². The molecule has 0 saturated heterocycles. The standard InChI is InChI=1S/C19H28O/c1-9-11-15-12-14(10-2)13-16(17(15)20-8)19(6,7)18(3,4)5/h11-13H,1,10H2,2-8H3. The second-order valence-electron chi connectivity index (χ2n) is 6.84. The van der Waals surface area contributed by atoms with Crippen molar-refractivity contribution in [3.63, 3.8) is 0 Å². The molecule has 1 aromatic carbocycles. The second-order valence-corrected chi connectivity index (χ2v) is 6.84. The van der Waals surface area contributed by atoms with Gasteiger partial charge in [0.05, 0.1) is 7.11 Å². The smallest absolute Gasteiger partial charge is 0.130 e. The fourth-order valence-electron chi connectivity index (χ4n) is 2.23. The Balaban J connectivity index is 3.68. The number of methoxy groups -OCH3 is 1. The van der Waals surface area contributed by atoms with Crippen LogP contribution in [0.25, 0.3) is 6.08 Å². The molecule has 0 spiro atoms. The van der Waals surface area contributed by atoms with Gasteiger partial charge in [-0.15, -0.1) is 5.73 Å². The second kappa shape index (κ2) is 5.89. The number of rotatable bonds is 4.